The van der Waals surface area contributed by atoms with Crippen LogP contribution in [0.1, 0.15) is 11.4 Å². The molecule has 0 atom stereocenters. The normalized spacial score (nSPS) is 10.4. The van der Waals surface area contributed by atoms with Crippen molar-refractivity contribution in [2.45, 2.75) is 13.2 Å². The van der Waals surface area contributed by atoms with Gasteiger partial charge in [0, 0.05) is 12.4 Å². The standard InChI is InChI=1S/C12H12N2O3/c1-3-7-13-11(5-1)9-15-17-16-10-12-6-2-4-8-14-12/h1-8H,9-10H2. The minimum absolute atomic E-state index is 0.239. The predicted octanol–water partition coefficient (Wildman–Crippen LogP) is 2.06. The molecule has 2 aromatic rings. The van der Waals surface area contributed by atoms with E-state index in [1.807, 2.05) is 36.4 Å². The number of rotatable bonds is 6. The highest BCUT2D eigenvalue weighted by atomic mass is 17.5. The maximum Gasteiger partial charge on any atom is 0.127 e. The van der Waals surface area contributed by atoms with Gasteiger partial charge in [-0.1, -0.05) is 17.2 Å². The molecular formula is C12H12N2O3. The van der Waals surface area contributed by atoms with Gasteiger partial charge in [0.15, 0.2) is 0 Å². The fourth-order valence-electron chi connectivity index (χ4n) is 1.17. The predicted molar refractivity (Wildman–Crippen MR) is 59.1 cm³/mol. The van der Waals surface area contributed by atoms with Crippen LogP contribution in [0.4, 0.5) is 0 Å². The topological polar surface area (TPSA) is 53.5 Å². The minimum atomic E-state index is 0.239. The van der Waals surface area contributed by atoms with Crippen molar-refractivity contribution >= 4 is 0 Å². The van der Waals surface area contributed by atoms with Crippen LogP contribution in [0.25, 0.3) is 0 Å². The van der Waals surface area contributed by atoms with Crippen molar-refractivity contribution in [1.82, 2.24) is 9.97 Å². The van der Waals surface area contributed by atoms with Crippen molar-refractivity contribution in [3.05, 3.63) is 60.2 Å². The second kappa shape index (κ2) is 6.70. The monoisotopic (exact) mass is 232 g/mol. The lowest BCUT2D eigenvalue weighted by molar-refractivity contribution is -0.523. The number of hydrogen-bond donors (Lipinski definition) is 0. The van der Waals surface area contributed by atoms with E-state index in [1.54, 1.807) is 12.4 Å². The van der Waals surface area contributed by atoms with Gasteiger partial charge in [-0.2, -0.15) is 9.78 Å². The summed E-state index contributed by atoms with van der Waals surface area (Å²) in [6.45, 7) is 0.478. The third-order valence-corrected chi connectivity index (χ3v) is 1.96. The van der Waals surface area contributed by atoms with Gasteiger partial charge in [-0.25, -0.2) is 0 Å². The summed E-state index contributed by atoms with van der Waals surface area (Å²) >= 11 is 0. The van der Waals surface area contributed by atoms with Crippen LogP contribution in [-0.2, 0) is 28.0 Å². The lowest BCUT2D eigenvalue weighted by Crippen LogP contribution is -2.00. The highest BCUT2D eigenvalue weighted by molar-refractivity contribution is 5.02. The van der Waals surface area contributed by atoms with Crippen LogP contribution in [0.2, 0.25) is 0 Å². The minimum Gasteiger partial charge on any atom is -0.259 e. The zero-order valence-corrected chi connectivity index (χ0v) is 9.15. The zero-order valence-electron chi connectivity index (χ0n) is 9.15. The Kier molecular flexibility index (Phi) is 4.59. The van der Waals surface area contributed by atoms with E-state index in [2.05, 4.69) is 15.0 Å². The molecule has 0 aromatic carbocycles. The van der Waals surface area contributed by atoms with Crippen LogP contribution in [0.3, 0.4) is 0 Å². The molecule has 2 heterocycles. The molecule has 0 radical (unpaired) electrons. The van der Waals surface area contributed by atoms with Crippen molar-refractivity contribution in [2.75, 3.05) is 0 Å². The molecule has 88 valence electrons. The van der Waals surface area contributed by atoms with Crippen LogP contribution in [0, 0.1) is 0 Å². The second-order valence-electron chi connectivity index (χ2n) is 3.23. The lowest BCUT2D eigenvalue weighted by Gasteiger charge is -2.02. The van der Waals surface area contributed by atoms with Gasteiger partial charge in [-0.15, -0.1) is 0 Å². The van der Waals surface area contributed by atoms with Gasteiger partial charge in [0.1, 0.15) is 13.2 Å². The third kappa shape index (κ3) is 4.28. The Bertz CT molecular complexity index is 381. The summed E-state index contributed by atoms with van der Waals surface area (Å²) in [5.41, 5.74) is 1.54. The maximum absolute atomic E-state index is 4.83. The second-order valence-corrected chi connectivity index (χ2v) is 3.23. The van der Waals surface area contributed by atoms with Gasteiger partial charge in [0.25, 0.3) is 0 Å². The van der Waals surface area contributed by atoms with Gasteiger partial charge >= 0.3 is 0 Å². The van der Waals surface area contributed by atoms with Gasteiger partial charge in [-0.05, 0) is 24.3 Å². The summed E-state index contributed by atoms with van der Waals surface area (Å²) in [4.78, 5) is 17.8. The van der Waals surface area contributed by atoms with E-state index in [9.17, 15) is 0 Å². The Morgan fingerprint density at radius 2 is 1.29 bits per heavy atom. The van der Waals surface area contributed by atoms with E-state index in [0.29, 0.717) is 0 Å². The molecule has 0 bridgehead atoms. The highest BCUT2D eigenvalue weighted by Crippen LogP contribution is 1.99. The van der Waals surface area contributed by atoms with Crippen LogP contribution in [0.5, 0.6) is 0 Å². The molecule has 0 N–H and O–H groups in total. The van der Waals surface area contributed by atoms with E-state index < -0.39 is 0 Å². The molecular weight excluding hydrogens is 220 g/mol. The first kappa shape index (κ1) is 11.7. The average molecular weight is 232 g/mol. The Morgan fingerprint density at radius 1 is 0.765 bits per heavy atom. The Morgan fingerprint density at radius 3 is 1.71 bits per heavy atom. The summed E-state index contributed by atoms with van der Waals surface area (Å²) in [5.74, 6) is 0. The van der Waals surface area contributed by atoms with E-state index in [4.69, 9.17) is 9.78 Å². The SMILES string of the molecule is c1ccc(COOOCc2ccccn2)nc1. The zero-order chi connectivity index (χ0) is 11.8. The Hall–Kier alpha value is -1.82. The molecule has 0 saturated carbocycles. The lowest BCUT2D eigenvalue weighted by atomic mass is 10.4. The van der Waals surface area contributed by atoms with Crippen molar-refractivity contribution in [3.63, 3.8) is 0 Å². The molecule has 5 heteroatoms. The molecule has 0 saturated heterocycles. The van der Waals surface area contributed by atoms with Crippen LogP contribution in [-0.4, -0.2) is 9.97 Å². The first-order chi connectivity index (χ1) is 8.45. The Balaban J connectivity index is 1.61. The molecule has 0 spiro atoms. The van der Waals surface area contributed by atoms with E-state index >= 15 is 0 Å². The van der Waals surface area contributed by atoms with Crippen molar-refractivity contribution in [1.29, 1.82) is 0 Å². The van der Waals surface area contributed by atoms with Crippen LogP contribution in [0.15, 0.2) is 48.8 Å². The van der Waals surface area contributed by atoms with Gasteiger partial charge in [0.05, 0.1) is 11.4 Å². The highest BCUT2D eigenvalue weighted by Gasteiger charge is 1.96. The summed E-state index contributed by atoms with van der Waals surface area (Å²) in [6, 6.07) is 11.1. The first-order valence-electron chi connectivity index (χ1n) is 5.16. The number of nitrogens with zero attached hydrogens (tertiary/aromatic N) is 2. The third-order valence-electron chi connectivity index (χ3n) is 1.96. The molecule has 0 unspecified atom stereocenters. The molecule has 5 nitrogen and oxygen atoms in total. The molecule has 17 heavy (non-hydrogen) atoms. The summed E-state index contributed by atoms with van der Waals surface area (Å²) in [6.07, 6.45) is 3.38. The molecule has 2 rings (SSSR count). The summed E-state index contributed by atoms with van der Waals surface area (Å²) in [5, 5.41) is 4.56. The molecule has 0 fully saturated rings. The number of aromatic nitrogens is 2. The molecule has 0 aliphatic heterocycles. The molecule has 2 aromatic heterocycles. The first-order valence-corrected chi connectivity index (χ1v) is 5.16. The van der Waals surface area contributed by atoms with Crippen LogP contribution >= 0.6 is 0 Å². The average Bonchev–Trinajstić information content (AvgIpc) is 2.41. The van der Waals surface area contributed by atoms with Crippen molar-refractivity contribution in [3.8, 4) is 0 Å². The molecule has 0 aliphatic carbocycles. The maximum atomic E-state index is 4.83. The fourth-order valence-corrected chi connectivity index (χ4v) is 1.17. The van der Waals surface area contributed by atoms with Crippen molar-refractivity contribution < 1.29 is 14.8 Å². The largest absolute Gasteiger partial charge is 0.259 e. The van der Waals surface area contributed by atoms with Gasteiger partial charge in [0.2, 0.25) is 0 Å². The van der Waals surface area contributed by atoms with E-state index in [1.165, 1.54) is 0 Å². The van der Waals surface area contributed by atoms with Crippen molar-refractivity contribution in [2.24, 2.45) is 0 Å². The van der Waals surface area contributed by atoms with Gasteiger partial charge in [-0.3, -0.25) is 9.97 Å². The van der Waals surface area contributed by atoms with E-state index in [-0.39, 0.29) is 13.2 Å². The van der Waals surface area contributed by atoms with Crippen LogP contribution < -0.4 is 0 Å². The number of hydrogen-bond acceptors (Lipinski definition) is 5. The summed E-state index contributed by atoms with van der Waals surface area (Å²) in [7, 11) is 0. The molecule has 0 aliphatic rings. The quantitative estimate of drug-likeness (QED) is 0.433. The summed E-state index contributed by atoms with van der Waals surface area (Å²) < 4.78 is 0. The van der Waals surface area contributed by atoms with Gasteiger partial charge < -0.3 is 0 Å². The Labute approximate surface area is 98.9 Å². The fraction of sp³-hybridized carbons (Fsp3) is 0.167. The molecule has 0 amide bonds. The van der Waals surface area contributed by atoms with E-state index in [0.717, 1.165) is 11.4 Å². The number of pyridine rings is 2. The smallest absolute Gasteiger partial charge is 0.127 e.